The van der Waals surface area contributed by atoms with Crippen LogP contribution in [0.5, 0.6) is 0 Å². The summed E-state index contributed by atoms with van der Waals surface area (Å²) in [4.78, 5) is 25.2. The molecular weight excluding hydrogens is 414 g/mol. The first-order chi connectivity index (χ1) is 13.4. The van der Waals surface area contributed by atoms with Gasteiger partial charge in [0.2, 0.25) is 0 Å². The fourth-order valence-corrected chi connectivity index (χ4v) is 3.72. The molecule has 2 aromatic carbocycles. The number of hydrogen-bond acceptors (Lipinski definition) is 2. The Morgan fingerprint density at radius 2 is 1.68 bits per heavy atom. The van der Waals surface area contributed by atoms with Crippen LogP contribution in [0.4, 0.5) is 0 Å². The Bertz CT molecular complexity index is 1030. The highest BCUT2D eigenvalue weighted by Gasteiger charge is 2.21. The minimum Gasteiger partial charge on any atom is -0.312 e. The number of halogens is 1. The maximum atomic E-state index is 13.1. The van der Waals surface area contributed by atoms with Gasteiger partial charge < -0.3 is 4.57 Å². The average Bonchev–Trinajstić information content (AvgIpc) is 2.67. The van der Waals surface area contributed by atoms with Crippen LogP contribution in [0.2, 0.25) is 0 Å². The van der Waals surface area contributed by atoms with Gasteiger partial charge in [-0.05, 0) is 55.7 Å². The lowest BCUT2D eigenvalue weighted by Crippen LogP contribution is -2.22. The van der Waals surface area contributed by atoms with Crippen molar-refractivity contribution in [1.82, 2.24) is 4.57 Å². The van der Waals surface area contributed by atoms with E-state index in [0.29, 0.717) is 12.0 Å². The molecule has 0 aliphatic carbocycles. The van der Waals surface area contributed by atoms with Gasteiger partial charge in [0.05, 0.1) is 0 Å². The van der Waals surface area contributed by atoms with Crippen LogP contribution < -0.4 is 5.56 Å². The lowest BCUT2D eigenvalue weighted by molar-refractivity contribution is 0.0976. The normalized spacial score (nSPS) is 12.2. The lowest BCUT2D eigenvalue weighted by Gasteiger charge is -2.20. The molecule has 0 spiro atoms. The minimum absolute atomic E-state index is 0.0129. The van der Waals surface area contributed by atoms with E-state index < -0.39 is 0 Å². The van der Waals surface area contributed by atoms with Crippen molar-refractivity contribution in [2.45, 2.75) is 39.2 Å². The van der Waals surface area contributed by atoms with Gasteiger partial charge in [0.1, 0.15) is 0 Å². The number of carbonyl (C=O) groups excluding carboxylic acids is 1. The van der Waals surface area contributed by atoms with Gasteiger partial charge in [0.25, 0.3) is 5.56 Å². The number of aromatic nitrogens is 1. The summed E-state index contributed by atoms with van der Waals surface area (Å²) >= 11 is 3.48. The number of hydrogen-bond donors (Lipinski definition) is 0. The van der Waals surface area contributed by atoms with E-state index in [0.717, 1.165) is 21.2 Å². The van der Waals surface area contributed by atoms with E-state index in [1.54, 1.807) is 16.8 Å². The molecule has 0 amide bonds. The maximum Gasteiger partial charge on any atom is 0.250 e. The predicted octanol–water partition coefficient (Wildman–Crippen LogP) is 5.91. The second-order valence-electron chi connectivity index (χ2n) is 7.35. The van der Waals surface area contributed by atoms with E-state index in [2.05, 4.69) is 47.1 Å². The number of pyridine rings is 1. The quantitative estimate of drug-likeness (QED) is 0.449. The highest BCUT2D eigenvalue weighted by atomic mass is 79.9. The fraction of sp³-hybridized carbons (Fsp3) is 0.250. The van der Waals surface area contributed by atoms with Gasteiger partial charge in [-0.2, -0.15) is 0 Å². The van der Waals surface area contributed by atoms with Crippen LogP contribution in [0.15, 0.2) is 76.1 Å². The van der Waals surface area contributed by atoms with Gasteiger partial charge in [0, 0.05) is 40.7 Å². The van der Waals surface area contributed by atoms with E-state index in [1.165, 1.54) is 6.07 Å². The third-order valence-electron chi connectivity index (χ3n) is 5.04. The van der Waals surface area contributed by atoms with E-state index in [1.807, 2.05) is 38.1 Å². The first-order valence-electron chi connectivity index (χ1n) is 9.43. The highest BCUT2D eigenvalue weighted by molar-refractivity contribution is 9.10. The lowest BCUT2D eigenvalue weighted by atomic mass is 9.84. The number of Topliss-reactive ketones (excluding diaryl/α,β-unsaturated/α-hetero) is 1. The Kier molecular flexibility index (Phi) is 6.30. The molecule has 0 N–H and O–H groups in total. The van der Waals surface area contributed by atoms with Crippen LogP contribution in [0, 0.1) is 6.92 Å². The largest absolute Gasteiger partial charge is 0.312 e. The van der Waals surface area contributed by atoms with Crippen LogP contribution in [-0.4, -0.2) is 10.4 Å². The third-order valence-corrected chi connectivity index (χ3v) is 5.57. The van der Waals surface area contributed by atoms with E-state index >= 15 is 0 Å². The zero-order valence-corrected chi connectivity index (χ0v) is 17.9. The first kappa shape index (κ1) is 20.3. The molecule has 1 atom stereocenters. The molecule has 4 heteroatoms. The number of aryl methyl sites for hydroxylation is 1. The van der Waals surface area contributed by atoms with Gasteiger partial charge in [-0.3, -0.25) is 9.59 Å². The summed E-state index contributed by atoms with van der Waals surface area (Å²) < 4.78 is 2.62. The third kappa shape index (κ3) is 4.50. The van der Waals surface area contributed by atoms with E-state index in [9.17, 15) is 9.59 Å². The molecule has 0 radical (unpaired) electrons. The van der Waals surface area contributed by atoms with Gasteiger partial charge >= 0.3 is 0 Å². The van der Waals surface area contributed by atoms with Crippen LogP contribution >= 0.6 is 15.9 Å². The smallest absolute Gasteiger partial charge is 0.250 e. The van der Waals surface area contributed by atoms with E-state index in [4.69, 9.17) is 0 Å². The molecule has 144 valence electrons. The first-order valence-corrected chi connectivity index (χ1v) is 10.2. The Labute approximate surface area is 174 Å². The van der Waals surface area contributed by atoms with Crippen LogP contribution in [0.3, 0.4) is 0 Å². The summed E-state index contributed by atoms with van der Waals surface area (Å²) in [6.07, 6.45) is 2.04. The molecule has 1 aromatic heterocycles. The summed E-state index contributed by atoms with van der Waals surface area (Å²) in [7, 11) is 0. The highest BCUT2D eigenvalue weighted by Crippen LogP contribution is 2.32. The standard InChI is InChI=1S/C24H24BrNO2/c1-16(2)26-15-19(10-13-24(26)28)23(27)14-22(18-8-11-20(25)12-9-18)21-7-5-4-6-17(21)3/h4-13,15-16,22H,14H2,1-3H3. The summed E-state index contributed by atoms with van der Waals surface area (Å²) in [5.74, 6) is -0.00759. The number of carbonyl (C=O) groups is 1. The molecule has 1 unspecified atom stereocenters. The summed E-state index contributed by atoms with van der Waals surface area (Å²) in [6.45, 7) is 5.95. The van der Waals surface area contributed by atoms with Crippen molar-refractivity contribution in [3.63, 3.8) is 0 Å². The minimum atomic E-state index is -0.0880. The molecule has 0 fully saturated rings. The van der Waals surface area contributed by atoms with Crippen molar-refractivity contribution >= 4 is 21.7 Å². The predicted molar refractivity (Wildman–Crippen MR) is 117 cm³/mol. The molecule has 0 saturated carbocycles. The Morgan fingerprint density at radius 3 is 2.32 bits per heavy atom. The number of benzene rings is 2. The van der Waals surface area contributed by atoms with Crippen LogP contribution in [-0.2, 0) is 0 Å². The zero-order chi connectivity index (χ0) is 20.3. The molecule has 3 rings (SSSR count). The Hall–Kier alpha value is -2.46. The van der Waals surface area contributed by atoms with Crippen molar-refractivity contribution in [3.05, 3.63) is 104 Å². The van der Waals surface area contributed by atoms with E-state index in [-0.39, 0.29) is 23.3 Å². The zero-order valence-electron chi connectivity index (χ0n) is 16.4. The van der Waals surface area contributed by atoms with Gasteiger partial charge in [-0.15, -0.1) is 0 Å². The van der Waals surface area contributed by atoms with Crippen molar-refractivity contribution < 1.29 is 4.79 Å². The number of rotatable bonds is 6. The molecule has 28 heavy (non-hydrogen) atoms. The summed E-state index contributed by atoms with van der Waals surface area (Å²) in [6, 6.07) is 19.4. The molecule has 3 nitrogen and oxygen atoms in total. The molecule has 0 aliphatic rings. The second kappa shape index (κ2) is 8.70. The second-order valence-corrected chi connectivity index (χ2v) is 8.26. The molecule has 1 heterocycles. The SMILES string of the molecule is Cc1ccccc1C(CC(=O)c1ccc(=O)n(C(C)C)c1)c1ccc(Br)cc1. The van der Waals surface area contributed by atoms with Gasteiger partial charge in [-0.25, -0.2) is 0 Å². The monoisotopic (exact) mass is 437 g/mol. The summed E-state index contributed by atoms with van der Waals surface area (Å²) in [5, 5.41) is 0. The average molecular weight is 438 g/mol. The molecule has 0 aliphatic heterocycles. The van der Waals surface area contributed by atoms with Crippen LogP contribution in [0.25, 0.3) is 0 Å². The fourth-order valence-electron chi connectivity index (χ4n) is 3.46. The van der Waals surface area contributed by atoms with Gasteiger partial charge in [0.15, 0.2) is 5.78 Å². The van der Waals surface area contributed by atoms with Crippen LogP contribution in [0.1, 0.15) is 59.3 Å². The van der Waals surface area contributed by atoms with Gasteiger partial charge in [-0.1, -0.05) is 52.3 Å². The molecule has 3 aromatic rings. The topological polar surface area (TPSA) is 39.1 Å². The van der Waals surface area contributed by atoms with Crippen molar-refractivity contribution in [1.29, 1.82) is 0 Å². The molecule has 0 bridgehead atoms. The number of nitrogens with zero attached hydrogens (tertiary/aromatic N) is 1. The number of ketones is 1. The maximum absolute atomic E-state index is 13.1. The Morgan fingerprint density at radius 1 is 1.00 bits per heavy atom. The Balaban J connectivity index is 1.99. The van der Waals surface area contributed by atoms with Crippen molar-refractivity contribution in [2.75, 3.05) is 0 Å². The molecular formula is C24H24BrNO2. The summed E-state index contributed by atoms with van der Waals surface area (Å²) in [5.41, 5.74) is 3.90. The van der Waals surface area contributed by atoms with Crippen molar-refractivity contribution in [2.24, 2.45) is 0 Å². The van der Waals surface area contributed by atoms with Crippen molar-refractivity contribution in [3.8, 4) is 0 Å². The molecule has 0 saturated heterocycles.